The van der Waals surface area contributed by atoms with Crippen LogP contribution in [0.2, 0.25) is 0 Å². The summed E-state index contributed by atoms with van der Waals surface area (Å²) in [5, 5.41) is 19.7. The lowest BCUT2D eigenvalue weighted by Gasteiger charge is -2.24. The third-order valence-electron chi connectivity index (χ3n) is 5.44. The molecule has 1 aromatic heterocycles. The first-order valence-corrected chi connectivity index (χ1v) is 11.8. The van der Waals surface area contributed by atoms with Crippen LogP contribution in [-0.4, -0.2) is 55.4 Å². The molecule has 1 fully saturated rings. The van der Waals surface area contributed by atoms with Gasteiger partial charge in [-0.2, -0.15) is 5.26 Å². The number of sulfone groups is 1. The van der Waals surface area contributed by atoms with Crippen molar-refractivity contribution in [2.75, 3.05) is 26.0 Å². The van der Waals surface area contributed by atoms with Crippen LogP contribution in [-0.2, 0) is 9.84 Å². The predicted octanol–water partition coefficient (Wildman–Crippen LogP) is 2.49. The fraction of sp³-hybridized carbons (Fsp3) is 0.455. The van der Waals surface area contributed by atoms with Crippen molar-refractivity contribution < 1.29 is 18.3 Å². The predicted molar refractivity (Wildman–Crippen MR) is 113 cm³/mol. The smallest absolute Gasteiger partial charge is 0.193 e. The number of nitrogens with zero attached hydrogens (tertiary/aromatic N) is 3. The van der Waals surface area contributed by atoms with Crippen molar-refractivity contribution in [1.82, 2.24) is 9.88 Å². The Bertz CT molecular complexity index is 1050. The van der Waals surface area contributed by atoms with E-state index in [1.54, 1.807) is 31.2 Å². The minimum atomic E-state index is -3.35. The van der Waals surface area contributed by atoms with Crippen molar-refractivity contribution in [3.05, 3.63) is 53.2 Å². The highest BCUT2D eigenvalue weighted by molar-refractivity contribution is 7.90. The van der Waals surface area contributed by atoms with Crippen LogP contribution in [0.3, 0.4) is 0 Å². The Labute approximate surface area is 177 Å². The molecule has 1 aliphatic heterocycles. The van der Waals surface area contributed by atoms with Crippen molar-refractivity contribution in [3.8, 4) is 11.8 Å². The number of aliphatic hydroxyl groups is 1. The summed E-state index contributed by atoms with van der Waals surface area (Å²) in [4.78, 5) is 6.26. The van der Waals surface area contributed by atoms with Gasteiger partial charge in [-0.05, 0) is 49.6 Å². The van der Waals surface area contributed by atoms with Crippen LogP contribution in [0.25, 0.3) is 0 Å². The molecule has 0 radical (unpaired) electrons. The molecule has 30 heavy (non-hydrogen) atoms. The van der Waals surface area contributed by atoms with Gasteiger partial charge in [-0.25, -0.2) is 13.4 Å². The van der Waals surface area contributed by atoms with Gasteiger partial charge in [0.15, 0.2) is 14.9 Å². The molecular weight excluding hydrogens is 402 g/mol. The number of benzene rings is 1. The molecule has 3 rings (SSSR count). The summed E-state index contributed by atoms with van der Waals surface area (Å²) >= 11 is 0. The van der Waals surface area contributed by atoms with Crippen LogP contribution in [0.15, 0.2) is 41.6 Å². The molecule has 1 unspecified atom stereocenters. The number of likely N-dealkylation sites (tertiary alicyclic amines) is 1. The Morgan fingerprint density at radius 3 is 2.83 bits per heavy atom. The van der Waals surface area contributed by atoms with Crippen LogP contribution in [0.1, 0.15) is 36.1 Å². The van der Waals surface area contributed by atoms with E-state index in [0.717, 1.165) is 24.8 Å². The van der Waals surface area contributed by atoms with Gasteiger partial charge in [0.25, 0.3) is 0 Å². The lowest BCUT2D eigenvalue weighted by molar-refractivity contribution is 0.107. The van der Waals surface area contributed by atoms with E-state index in [-0.39, 0.29) is 5.03 Å². The number of β-amino-alcohol motifs (C(OH)–C–C–N with tert-alkyl or cyclic N) is 1. The van der Waals surface area contributed by atoms with Crippen LogP contribution >= 0.6 is 0 Å². The van der Waals surface area contributed by atoms with Crippen LogP contribution in [0, 0.1) is 24.2 Å². The van der Waals surface area contributed by atoms with Crippen molar-refractivity contribution in [1.29, 1.82) is 5.26 Å². The zero-order chi connectivity index (χ0) is 21.9. The summed E-state index contributed by atoms with van der Waals surface area (Å²) in [6.45, 7) is 5.63. The number of aliphatic hydroxyl groups excluding tert-OH is 1. The van der Waals surface area contributed by atoms with Crippen molar-refractivity contribution >= 4 is 9.84 Å². The minimum Gasteiger partial charge on any atom is -0.492 e. The quantitative estimate of drug-likeness (QED) is 0.721. The van der Waals surface area contributed by atoms with Gasteiger partial charge in [0.1, 0.15) is 5.75 Å². The van der Waals surface area contributed by atoms with Crippen LogP contribution in [0.4, 0.5) is 0 Å². The molecule has 1 saturated heterocycles. The van der Waals surface area contributed by atoms with Gasteiger partial charge in [-0.3, -0.25) is 4.90 Å². The van der Waals surface area contributed by atoms with Gasteiger partial charge in [0, 0.05) is 31.3 Å². The van der Waals surface area contributed by atoms with E-state index in [1.807, 2.05) is 6.07 Å². The zero-order valence-electron chi connectivity index (χ0n) is 17.4. The molecule has 0 aliphatic carbocycles. The van der Waals surface area contributed by atoms with Crippen LogP contribution in [0.5, 0.6) is 5.75 Å². The van der Waals surface area contributed by atoms with Gasteiger partial charge < -0.3 is 9.84 Å². The molecule has 1 aromatic carbocycles. The summed E-state index contributed by atoms with van der Waals surface area (Å²) in [5.41, 5.74) is 1.85. The number of rotatable bonds is 7. The average Bonchev–Trinajstić information content (AvgIpc) is 3.04. The largest absolute Gasteiger partial charge is 0.492 e. The van der Waals surface area contributed by atoms with E-state index in [1.165, 1.54) is 6.20 Å². The molecule has 1 N–H and O–H groups in total. The fourth-order valence-electron chi connectivity index (χ4n) is 3.95. The molecule has 2 heterocycles. The molecule has 7 nitrogen and oxygen atoms in total. The van der Waals surface area contributed by atoms with E-state index in [4.69, 9.17) is 10.00 Å². The minimum absolute atomic E-state index is 0.0740. The second kappa shape index (κ2) is 9.13. The van der Waals surface area contributed by atoms with Gasteiger partial charge in [0.05, 0.1) is 30.5 Å². The lowest BCUT2D eigenvalue weighted by Crippen LogP contribution is -2.32. The van der Waals surface area contributed by atoms with E-state index >= 15 is 0 Å². The SMILES string of the molecule is Cc1cc(OC[C@H]2C[C@@H](C)N(CC(O)c3cccc(C#N)c3)C2)cnc1S(C)(=O)=O. The molecule has 8 heteroatoms. The maximum Gasteiger partial charge on any atom is 0.193 e. The highest BCUT2D eigenvalue weighted by Gasteiger charge is 2.31. The maximum absolute atomic E-state index is 11.7. The lowest BCUT2D eigenvalue weighted by atomic mass is 10.1. The summed E-state index contributed by atoms with van der Waals surface area (Å²) < 4.78 is 29.2. The van der Waals surface area contributed by atoms with Gasteiger partial charge >= 0.3 is 0 Å². The summed E-state index contributed by atoms with van der Waals surface area (Å²) in [7, 11) is -3.35. The second-order valence-electron chi connectivity index (χ2n) is 8.03. The van der Waals surface area contributed by atoms with Crippen molar-refractivity contribution in [3.63, 3.8) is 0 Å². The Hall–Kier alpha value is -2.47. The first-order chi connectivity index (χ1) is 14.2. The average molecular weight is 430 g/mol. The fourth-order valence-corrected chi connectivity index (χ4v) is 4.84. The van der Waals surface area contributed by atoms with Gasteiger partial charge in [-0.15, -0.1) is 0 Å². The standard InChI is InChI=1S/C22H27N3O4S/c1-15-7-20(11-24-22(15)30(3,27)28)29-14-18-8-16(2)25(12-18)13-21(26)19-6-4-5-17(9-19)10-23/h4-7,9,11,16,18,21,26H,8,12-14H2,1-3H3/t16-,18+,21?/m1/s1. The number of aryl methyl sites for hydroxylation is 1. The number of ether oxygens (including phenoxy) is 1. The Balaban J connectivity index is 1.56. The number of aromatic nitrogens is 1. The third kappa shape index (κ3) is 5.36. The van der Waals surface area contributed by atoms with E-state index in [9.17, 15) is 13.5 Å². The first-order valence-electron chi connectivity index (χ1n) is 9.89. The van der Waals surface area contributed by atoms with E-state index < -0.39 is 15.9 Å². The highest BCUT2D eigenvalue weighted by Crippen LogP contribution is 2.27. The van der Waals surface area contributed by atoms with Gasteiger partial charge in [0.2, 0.25) is 0 Å². The molecule has 3 atom stereocenters. The Kier molecular flexibility index (Phi) is 6.76. The maximum atomic E-state index is 11.7. The van der Waals surface area contributed by atoms with E-state index in [2.05, 4.69) is 22.9 Å². The van der Waals surface area contributed by atoms with Crippen LogP contribution < -0.4 is 4.74 Å². The molecule has 1 aliphatic rings. The van der Waals surface area contributed by atoms with Crippen molar-refractivity contribution in [2.45, 2.75) is 37.4 Å². The molecule has 0 spiro atoms. The van der Waals surface area contributed by atoms with Crippen molar-refractivity contribution in [2.24, 2.45) is 5.92 Å². The molecular formula is C22H27N3O4S. The normalized spacial score (nSPS) is 20.6. The third-order valence-corrected chi connectivity index (χ3v) is 6.57. The summed E-state index contributed by atoms with van der Waals surface area (Å²) in [6.07, 6.45) is 2.88. The monoisotopic (exact) mass is 429 g/mol. The summed E-state index contributed by atoms with van der Waals surface area (Å²) in [6, 6.07) is 11.2. The molecule has 0 bridgehead atoms. The Morgan fingerprint density at radius 1 is 1.40 bits per heavy atom. The van der Waals surface area contributed by atoms with E-state index in [0.29, 0.717) is 42.0 Å². The van der Waals surface area contributed by atoms with Gasteiger partial charge in [-0.1, -0.05) is 12.1 Å². The molecule has 2 aromatic rings. The summed E-state index contributed by atoms with van der Waals surface area (Å²) in [5.74, 6) is 0.854. The molecule has 0 saturated carbocycles. The molecule has 0 amide bonds. The number of pyridine rings is 1. The number of nitriles is 1. The molecule has 160 valence electrons. The Morgan fingerprint density at radius 2 is 2.17 bits per heavy atom. The topological polar surface area (TPSA) is 104 Å². The second-order valence-corrected chi connectivity index (χ2v) is 9.96. The highest BCUT2D eigenvalue weighted by atomic mass is 32.2. The number of hydrogen-bond acceptors (Lipinski definition) is 7. The zero-order valence-corrected chi connectivity index (χ0v) is 18.3. The number of hydrogen-bond donors (Lipinski definition) is 1. The first kappa shape index (κ1) is 22.2.